The third-order valence-corrected chi connectivity index (χ3v) is 3.10. The minimum atomic E-state index is -0.466. The number of aromatic nitrogens is 1. The van der Waals surface area contributed by atoms with Gasteiger partial charge in [0.05, 0.1) is 11.4 Å². The fourth-order valence-corrected chi connectivity index (χ4v) is 1.91. The third kappa shape index (κ3) is 2.02. The van der Waals surface area contributed by atoms with Crippen molar-refractivity contribution < 1.29 is 9.21 Å². The Balaban J connectivity index is 1.70. The molecule has 2 heterocycles. The predicted octanol–water partition coefficient (Wildman–Crippen LogP) is -0.0433. The van der Waals surface area contributed by atoms with Crippen LogP contribution in [-0.4, -0.2) is 24.0 Å². The van der Waals surface area contributed by atoms with Crippen LogP contribution in [0.25, 0.3) is 11.1 Å². The summed E-state index contributed by atoms with van der Waals surface area (Å²) in [5.41, 5.74) is 2.08. The van der Waals surface area contributed by atoms with Crippen LogP contribution in [0.5, 0.6) is 0 Å². The average Bonchev–Trinajstić information content (AvgIpc) is 2.63. The molecule has 1 saturated heterocycles. The standard InChI is InChI=1S/C12H13N3O3/c16-11(8-5-13-6-8)14-4-7-1-2-9-10(3-7)18-12(17)15-9/h1-3,8,13H,4-6H2,(H,14,16)(H,15,17). The summed E-state index contributed by atoms with van der Waals surface area (Å²) < 4.78 is 4.96. The Morgan fingerprint density at radius 3 is 3.00 bits per heavy atom. The van der Waals surface area contributed by atoms with Crippen molar-refractivity contribution in [1.29, 1.82) is 0 Å². The highest BCUT2D eigenvalue weighted by Crippen LogP contribution is 2.12. The largest absolute Gasteiger partial charge is 0.417 e. The number of amides is 1. The van der Waals surface area contributed by atoms with Crippen molar-refractivity contribution in [3.05, 3.63) is 34.3 Å². The van der Waals surface area contributed by atoms with Crippen LogP contribution in [0.3, 0.4) is 0 Å². The van der Waals surface area contributed by atoms with E-state index in [9.17, 15) is 9.59 Å². The Bertz CT molecular complexity index is 639. The molecule has 1 aromatic carbocycles. The lowest BCUT2D eigenvalue weighted by molar-refractivity contribution is -0.126. The molecular formula is C12H13N3O3. The van der Waals surface area contributed by atoms with E-state index in [2.05, 4.69) is 15.6 Å². The van der Waals surface area contributed by atoms with Gasteiger partial charge in [-0.05, 0) is 17.7 Å². The lowest BCUT2D eigenvalue weighted by Gasteiger charge is -2.25. The Labute approximate surface area is 102 Å². The van der Waals surface area contributed by atoms with Gasteiger partial charge in [-0.3, -0.25) is 9.78 Å². The second kappa shape index (κ2) is 4.30. The van der Waals surface area contributed by atoms with E-state index in [1.807, 2.05) is 6.07 Å². The summed E-state index contributed by atoms with van der Waals surface area (Å²) in [6, 6.07) is 5.38. The first-order valence-electron chi connectivity index (χ1n) is 5.82. The Hall–Kier alpha value is -2.08. The van der Waals surface area contributed by atoms with E-state index in [1.54, 1.807) is 12.1 Å². The maximum atomic E-state index is 11.6. The number of carbonyl (C=O) groups excluding carboxylic acids is 1. The van der Waals surface area contributed by atoms with Crippen LogP contribution in [0.1, 0.15) is 5.56 Å². The fourth-order valence-electron chi connectivity index (χ4n) is 1.91. The van der Waals surface area contributed by atoms with Crippen LogP contribution in [0.15, 0.2) is 27.4 Å². The smallest absolute Gasteiger partial charge is 0.408 e. The van der Waals surface area contributed by atoms with E-state index in [0.717, 1.165) is 18.7 Å². The number of aromatic amines is 1. The topological polar surface area (TPSA) is 87.1 Å². The number of benzene rings is 1. The zero-order valence-corrected chi connectivity index (χ0v) is 9.66. The second-order valence-electron chi connectivity index (χ2n) is 4.42. The van der Waals surface area contributed by atoms with E-state index in [-0.39, 0.29) is 11.8 Å². The van der Waals surface area contributed by atoms with Gasteiger partial charge >= 0.3 is 5.76 Å². The quantitative estimate of drug-likeness (QED) is 0.710. The fraction of sp³-hybridized carbons (Fsp3) is 0.333. The third-order valence-electron chi connectivity index (χ3n) is 3.10. The number of nitrogens with one attached hydrogen (secondary N) is 3. The summed E-state index contributed by atoms with van der Waals surface area (Å²) in [6.45, 7) is 1.94. The molecule has 0 unspecified atom stereocenters. The SMILES string of the molecule is O=C(NCc1ccc2[nH]c(=O)oc2c1)C1CNC1. The van der Waals surface area contributed by atoms with Gasteiger partial charge in [-0.25, -0.2) is 4.79 Å². The van der Waals surface area contributed by atoms with Gasteiger partial charge in [0.2, 0.25) is 5.91 Å². The van der Waals surface area contributed by atoms with Crippen molar-refractivity contribution >= 4 is 17.0 Å². The molecule has 1 aliphatic rings. The molecule has 0 radical (unpaired) electrons. The molecule has 18 heavy (non-hydrogen) atoms. The monoisotopic (exact) mass is 247 g/mol. The van der Waals surface area contributed by atoms with Crippen molar-refractivity contribution in [2.24, 2.45) is 5.92 Å². The molecule has 1 aliphatic heterocycles. The van der Waals surface area contributed by atoms with Crippen molar-refractivity contribution in [2.75, 3.05) is 13.1 Å². The van der Waals surface area contributed by atoms with Crippen molar-refractivity contribution in [3.8, 4) is 0 Å². The summed E-state index contributed by atoms with van der Waals surface area (Å²) in [4.78, 5) is 25.2. The lowest BCUT2D eigenvalue weighted by atomic mass is 10.0. The van der Waals surface area contributed by atoms with E-state index in [1.165, 1.54) is 0 Å². The minimum absolute atomic E-state index is 0.0596. The molecule has 6 nitrogen and oxygen atoms in total. The van der Waals surface area contributed by atoms with Gasteiger partial charge in [-0.1, -0.05) is 6.07 Å². The van der Waals surface area contributed by atoms with Crippen LogP contribution in [-0.2, 0) is 11.3 Å². The van der Waals surface area contributed by atoms with Crippen molar-refractivity contribution in [1.82, 2.24) is 15.6 Å². The molecule has 0 saturated carbocycles. The second-order valence-corrected chi connectivity index (χ2v) is 4.42. The van der Waals surface area contributed by atoms with E-state index >= 15 is 0 Å². The van der Waals surface area contributed by atoms with Gasteiger partial charge in [0.15, 0.2) is 5.58 Å². The molecule has 0 bridgehead atoms. The van der Waals surface area contributed by atoms with Crippen LogP contribution < -0.4 is 16.4 Å². The highest BCUT2D eigenvalue weighted by Gasteiger charge is 2.24. The molecule has 3 N–H and O–H groups in total. The van der Waals surface area contributed by atoms with Gasteiger partial charge in [0.1, 0.15) is 0 Å². The van der Waals surface area contributed by atoms with Gasteiger partial charge in [0.25, 0.3) is 0 Å². The summed E-state index contributed by atoms with van der Waals surface area (Å²) in [6.07, 6.45) is 0. The molecule has 0 spiro atoms. The highest BCUT2D eigenvalue weighted by molar-refractivity contribution is 5.80. The van der Waals surface area contributed by atoms with Gasteiger partial charge in [-0.15, -0.1) is 0 Å². The molecule has 6 heteroatoms. The number of hydrogen-bond donors (Lipinski definition) is 3. The maximum Gasteiger partial charge on any atom is 0.417 e. The van der Waals surface area contributed by atoms with E-state index < -0.39 is 5.76 Å². The molecule has 3 rings (SSSR count). The van der Waals surface area contributed by atoms with Crippen LogP contribution in [0, 0.1) is 5.92 Å². The molecule has 1 fully saturated rings. The van der Waals surface area contributed by atoms with Crippen molar-refractivity contribution in [3.63, 3.8) is 0 Å². The molecule has 0 aliphatic carbocycles. The number of oxazole rings is 1. The molecule has 1 amide bonds. The molecule has 0 atom stereocenters. The van der Waals surface area contributed by atoms with Gasteiger partial charge < -0.3 is 15.1 Å². The number of hydrogen-bond acceptors (Lipinski definition) is 4. The van der Waals surface area contributed by atoms with Crippen molar-refractivity contribution in [2.45, 2.75) is 6.54 Å². The predicted molar refractivity (Wildman–Crippen MR) is 65.0 cm³/mol. The molecule has 2 aromatic rings. The summed E-state index contributed by atoms with van der Waals surface area (Å²) in [5.74, 6) is -0.324. The first-order valence-corrected chi connectivity index (χ1v) is 5.82. The highest BCUT2D eigenvalue weighted by atomic mass is 16.4. The Morgan fingerprint density at radius 2 is 2.28 bits per heavy atom. The first kappa shape index (κ1) is 11.0. The number of carbonyl (C=O) groups is 1. The van der Waals surface area contributed by atoms with E-state index in [0.29, 0.717) is 17.6 Å². The zero-order valence-electron chi connectivity index (χ0n) is 9.66. The van der Waals surface area contributed by atoms with Crippen LogP contribution >= 0.6 is 0 Å². The normalized spacial score (nSPS) is 15.6. The van der Waals surface area contributed by atoms with E-state index in [4.69, 9.17) is 4.42 Å². The van der Waals surface area contributed by atoms with Crippen LogP contribution in [0.2, 0.25) is 0 Å². The summed E-state index contributed by atoms with van der Waals surface area (Å²) in [7, 11) is 0. The van der Waals surface area contributed by atoms with Gasteiger partial charge in [-0.2, -0.15) is 0 Å². The first-order chi connectivity index (χ1) is 8.72. The summed E-state index contributed by atoms with van der Waals surface area (Å²) in [5, 5.41) is 5.92. The van der Waals surface area contributed by atoms with Gasteiger partial charge in [0, 0.05) is 19.6 Å². The average molecular weight is 247 g/mol. The Kier molecular flexibility index (Phi) is 2.64. The lowest BCUT2D eigenvalue weighted by Crippen LogP contribution is -2.50. The Morgan fingerprint density at radius 1 is 1.44 bits per heavy atom. The molecule has 1 aromatic heterocycles. The maximum absolute atomic E-state index is 11.6. The molecule has 94 valence electrons. The summed E-state index contributed by atoms with van der Waals surface area (Å²) >= 11 is 0. The minimum Gasteiger partial charge on any atom is -0.408 e. The number of fused-ring (bicyclic) bond motifs is 1. The zero-order chi connectivity index (χ0) is 12.5. The molecular weight excluding hydrogens is 234 g/mol. The van der Waals surface area contributed by atoms with Crippen LogP contribution in [0.4, 0.5) is 0 Å². The number of H-pyrrole nitrogens is 1. The number of rotatable bonds is 3.